The van der Waals surface area contributed by atoms with E-state index in [9.17, 15) is 4.79 Å². The van der Waals surface area contributed by atoms with Gasteiger partial charge in [-0.3, -0.25) is 4.79 Å². The number of amides is 1. The number of aryl methyl sites for hydroxylation is 2. The van der Waals surface area contributed by atoms with Gasteiger partial charge in [0.2, 0.25) is 0 Å². The van der Waals surface area contributed by atoms with Gasteiger partial charge in [-0.25, -0.2) is 14.6 Å². The van der Waals surface area contributed by atoms with Crippen LogP contribution < -0.4 is 5.32 Å². The van der Waals surface area contributed by atoms with Gasteiger partial charge in [-0.1, -0.05) is 39.0 Å². The van der Waals surface area contributed by atoms with Gasteiger partial charge in [0.25, 0.3) is 5.91 Å². The number of carbonyl (C=O) groups is 1. The van der Waals surface area contributed by atoms with Crippen LogP contribution in [0.25, 0.3) is 5.69 Å². The van der Waals surface area contributed by atoms with Crippen LogP contribution in [0.1, 0.15) is 27.3 Å². The number of carbonyl (C=O) groups excluding carboxylic acids is 1. The number of hydrogen-bond acceptors (Lipinski definition) is 6. The van der Waals surface area contributed by atoms with E-state index >= 15 is 0 Å². The second-order valence-corrected chi connectivity index (χ2v) is 8.78. The van der Waals surface area contributed by atoms with E-state index < -0.39 is 0 Å². The summed E-state index contributed by atoms with van der Waals surface area (Å²) in [4.78, 5) is 21.6. The Morgan fingerprint density at radius 2 is 1.74 bits per heavy atom. The van der Waals surface area contributed by atoms with Crippen LogP contribution in [0, 0.1) is 13.8 Å². The molecule has 0 aliphatic rings. The number of thioether (sulfide) groups is 1. The molecule has 0 saturated carbocycles. The van der Waals surface area contributed by atoms with Gasteiger partial charge in [-0.2, -0.15) is 0 Å². The van der Waals surface area contributed by atoms with Crippen molar-refractivity contribution in [2.45, 2.75) is 24.8 Å². The Morgan fingerprint density at radius 1 is 1.06 bits per heavy atom. The third-order valence-corrected chi connectivity index (χ3v) is 5.82. The fraction of sp³-hybridized carbons (Fsp3) is 0.136. The lowest BCUT2D eigenvalue weighted by molar-refractivity contribution is 0.102. The van der Waals surface area contributed by atoms with Gasteiger partial charge < -0.3 is 5.32 Å². The molecular formula is C22H19BrN6OS. The normalized spacial score (nSPS) is 10.8. The van der Waals surface area contributed by atoms with E-state index in [4.69, 9.17) is 0 Å². The smallest absolute Gasteiger partial charge is 0.278 e. The molecule has 2 heterocycles. The number of nitrogens with zero attached hydrogens (tertiary/aromatic N) is 5. The molecular weight excluding hydrogens is 476 g/mol. The fourth-order valence-corrected chi connectivity index (χ4v) is 4.19. The zero-order valence-corrected chi connectivity index (χ0v) is 19.3. The Morgan fingerprint density at radius 3 is 2.42 bits per heavy atom. The lowest BCUT2D eigenvalue weighted by Crippen LogP contribution is -2.15. The molecule has 31 heavy (non-hydrogen) atoms. The third kappa shape index (κ3) is 5.18. The number of aromatic nitrogens is 5. The first-order valence-corrected chi connectivity index (χ1v) is 11.3. The van der Waals surface area contributed by atoms with Gasteiger partial charge in [0.15, 0.2) is 10.9 Å². The maximum atomic E-state index is 13.1. The first-order chi connectivity index (χ1) is 15.0. The molecule has 0 fully saturated rings. The van der Waals surface area contributed by atoms with Crippen molar-refractivity contribution in [3.05, 3.63) is 87.9 Å². The average Bonchev–Trinajstić information content (AvgIpc) is 3.17. The van der Waals surface area contributed by atoms with Crippen molar-refractivity contribution < 1.29 is 4.79 Å². The number of halogens is 1. The molecule has 0 aliphatic heterocycles. The second-order valence-electron chi connectivity index (χ2n) is 6.92. The molecule has 0 unspecified atom stereocenters. The van der Waals surface area contributed by atoms with Gasteiger partial charge >= 0.3 is 0 Å². The summed E-state index contributed by atoms with van der Waals surface area (Å²) in [6, 6.07) is 15.3. The number of benzene rings is 2. The van der Waals surface area contributed by atoms with Gasteiger partial charge in [-0.15, -0.1) is 5.10 Å². The van der Waals surface area contributed by atoms with Crippen molar-refractivity contribution >= 4 is 39.3 Å². The molecule has 0 aliphatic carbocycles. The molecule has 1 N–H and O–H groups in total. The minimum atomic E-state index is -0.307. The lowest BCUT2D eigenvalue weighted by atomic mass is 10.1. The number of rotatable bonds is 6. The Kier molecular flexibility index (Phi) is 6.43. The highest BCUT2D eigenvalue weighted by Crippen LogP contribution is 2.24. The molecule has 0 bridgehead atoms. The highest BCUT2D eigenvalue weighted by Gasteiger charge is 2.21. The number of nitrogens with one attached hydrogen (secondary N) is 1. The zero-order valence-electron chi connectivity index (χ0n) is 16.9. The highest BCUT2D eigenvalue weighted by molar-refractivity contribution is 9.10. The molecule has 0 spiro atoms. The summed E-state index contributed by atoms with van der Waals surface area (Å²) in [6.45, 7) is 3.99. The standard InChI is InChI=1S/C22H19BrN6OS/c1-14-10-15(2)12-17(11-14)26-21(30)20-19(13-31-22-24-8-3-9-25-22)29(28-27-20)18-6-4-16(23)5-7-18/h3-12H,13H2,1-2H3,(H,26,30). The van der Waals surface area contributed by atoms with Gasteiger partial charge in [0.1, 0.15) is 0 Å². The Balaban J connectivity index is 1.67. The molecule has 2 aromatic heterocycles. The minimum absolute atomic E-state index is 0.269. The molecule has 1 amide bonds. The molecule has 4 rings (SSSR count). The van der Waals surface area contributed by atoms with Crippen molar-refractivity contribution in [2.75, 3.05) is 5.32 Å². The van der Waals surface area contributed by atoms with E-state index in [0.717, 1.165) is 27.0 Å². The van der Waals surface area contributed by atoms with Crippen LogP contribution in [-0.4, -0.2) is 30.9 Å². The van der Waals surface area contributed by atoms with Crippen molar-refractivity contribution in [3.8, 4) is 5.69 Å². The number of hydrogen-bond donors (Lipinski definition) is 1. The second kappa shape index (κ2) is 9.40. The predicted octanol–water partition coefficient (Wildman–Crippen LogP) is 4.98. The van der Waals surface area contributed by atoms with Crippen LogP contribution in [0.5, 0.6) is 0 Å². The molecule has 2 aromatic carbocycles. The molecule has 7 nitrogen and oxygen atoms in total. The van der Waals surface area contributed by atoms with Crippen LogP contribution in [0.15, 0.2) is 70.6 Å². The van der Waals surface area contributed by atoms with Crippen LogP contribution in [0.4, 0.5) is 5.69 Å². The van der Waals surface area contributed by atoms with Gasteiger partial charge in [0.05, 0.1) is 11.4 Å². The first-order valence-electron chi connectivity index (χ1n) is 9.49. The summed E-state index contributed by atoms with van der Waals surface area (Å²) >= 11 is 4.87. The van der Waals surface area contributed by atoms with E-state index in [1.165, 1.54) is 11.8 Å². The predicted molar refractivity (Wildman–Crippen MR) is 125 cm³/mol. The summed E-state index contributed by atoms with van der Waals surface area (Å²) in [7, 11) is 0. The fourth-order valence-electron chi connectivity index (χ4n) is 3.13. The zero-order chi connectivity index (χ0) is 21.8. The Labute approximate surface area is 192 Å². The van der Waals surface area contributed by atoms with E-state index in [1.807, 2.05) is 50.2 Å². The van der Waals surface area contributed by atoms with Gasteiger partial charge in [-0.05, 0) is 67.4 Å². The topological polar surface area (TPSA) is 85.6 Å². The van der Waals surface area contributed by atoms with Crippen LogP contribution in [0.2, 0.25) is 0 Å². The highest BCUT2D eigenvalue weighted by atomic mass is 79.9. The summed E-state index contributed by atoms with van der Waals surface area (Å²) in [5.74, 6) is 0.126. The largest absolute Gasteiger partial charge is 0.321 e. The van der Waals surface area contributed by atoms with E-state index in [1.54, 1.807) is 23.1 Å². The maximum absolute atomic E-state index is 13.1. The summed E-state index contributed by atoms with van der Waals surface area (Å²) in [5.41, 5.74) is 4.63. The number of anilines is 1. The van der Waals surface area contributed by atoms with Gasteiger partial charge in [0, 0.05) is 28.3 Å². The third-order valence-electron chi connectivity index (χ3n) is 4.41. The molecule has 0 saturated heterocycles. The van der Waals surface area contributed by atoms with Crippen LogP contribution >= 0.6 is 27.7 Å². The molecule has 156 valence electrons. The molecule has 4 aromatic rings. The SMILES string of the molecule is Cc1cc(C)cc(NC(=O)c2nnn(-c3ccc(Br)cc3)c2CSc2ncccn2)c1. The van der Waals surface area contributed by atoms with Crippen LogP contribution in [0.3, 0.4) is 0 Å². The van der Waals surface area contributed by atoms with E-state index in [-0.39, 0.29) is 11.6 Å². The Bertz CT molecular complexity index is 1190. The average molecular weight is 495 g/mol. The first kappa shape index (κ1) is 21.2. The monoisotopic (exact) mass is 494 g/mol. The Hall–Kier alpha value is -3.04. The summed E-state index contributed by atoms with van der Waals surface area (Å²) < 4.78 is 2.64. The summed E-state index contributed by atoms with van der Waals surface area (Å²) in [6.07, 6.45) is 3.38. The van der Waals surface area contributed by atoms with Crippen molar-refractivity contribution in [3.63, 3.8) is 0 Å². The van der Waals surface area contributed by atoms with Crippen molar-refractivity contribution in [1.82, 2.24) is 25.0 Å². The van der Waals surface area contributed by atoms with Crippen molar-refractivity contribution in [2.24, 2.45) is 0 Å². The molecule has 0 atom stereocenters. The summed E-state index contributed by atoms with van der Waals surface area (Å²) in [5, 5.41) is 12.0. The van der Waals surface area contributed by atoms with Crippen LogP contribution in [-0.2, 0) is 5.75 Å². The molecule has 0 radical (unpaired) electrons. The molecule has 9 heteroatoms. The van der Waals surface area contributed by atoms with E-state index in [2.05, 4.69) is 47.6 Å². The quantitative estimate of drug-likeness (QED) is 0.300. The maximum Gasteiger partial charge on any atom is 0.278 e. The minimum Gasteiger partial charge on any atom is -0.321 e. The lowest BCUT2D eigenvalue weighted by Gasteiger charge is -2.09. The van der Waals surface area contributed by atoms with Crippen molar-refractivity contribution in [1.29, 1.82) is 0 Å². The van der Waals surface area contributed by atoms with E-state index in [0.29, 0.717) is 16.6 Å².